The van der Waals surface area contributed by atoms with Gasteiger partial charge in [0.2, 0.25) is 0 Å². The van der Waals surface area contributed by atoms with Gasteiger partial charge >= 0.3 is 0 Å². The lowest BCUT2D eigenvalue weighted by molar-refractivity contribution is 0.0703. The van der Waals surface area contributed by atoms with Gasteiger partial charge in [-0.15, -0.1) is 0 Å². The fourth-order valence-corrected chi connectivity index (χ4v) is 1.36. The molecule has 0 aromatic heterocycles. The number of hydrogen-bond acceptors (Lipinski definition) is 5. The van der Waals surface area contributed by atoms with Crippen LogP contribution in [0.25, 0.3) is 0 Å². The average Bonchev–Trinajstić information content (AvgIpc) is 2.38. The molecule has 0 unspecified atom stereocenters. The van der Waals surface area contributed by atoms with Crippen LogP contribution < -0.4 is 15.2 Å². The Hall–Kier alpha value is -1.30. The van der Waals surface area contributed by atoms with Crippen molar-refractivity contribution >= 4 is 0 Å². The van der Waals surface area contributed by atoms with E-state index in [9.17, 15) is 0 Å². The van der Waals surface area contributed by atoms with Crippen LogP contribution in [0.5, 0.6) is 11.5 Å². The molecule has 3 N–H and O–H groups in total. The van der Waals surface area contributed by atoms with E-state index in [0.717, 1.165) is 17.1 Å². The van der Waals surface area contributed by atoms with Crippen molar-refractivity contribution in [2.75, 3.05) is 33.5 Å². The zero-order valence-electron chi connectivity index (χ0n) is 10.0. The van der Waals surface area contributed by atoms with Crippen molar-refractivity contribution in [2.45, 2.75) is 6.54 Å². The van der Waals surface area contributed by atoms with Gasteiger partial charge in [0.1, 0.15) is 18.1 Å². The van der Waals surface area contributed by atoms with Crippen molar-refractivity contribution in [3.63, 3.8) is 0 Å². The first kappa shape index (κ1) is 13.8. The summed E-state index contributed by atoms with van der Waals surface area (Å²) in [6.07, 6.45) is 0. The number of ether oxygens (including phenoxy) is 3. The van der Waals surface area contributed by atoms with E-state index in [1.165, 1.54) is 0 Å². The summed E-state index contributed by atoms with van der Waals surface area (Å²) in [6.45, 7) is 1.62. The Labute approximate surface area is 101 Å². The van der Waals surface area contributed by atoms with E-state index >= 15 is 0 Å². The number of rotatable bonds is 8. The molecule has 0 saturated carbocycles. The van der Waals surface area contributed by atoms with Gasteiger partial charge in [-0.05, 0) is 18.2 Å². The zero-order valence-corrected chi connectivity index (χ0v) is 10.0. The lowest BCUT2D eigenvalue weighted by Gasteiger charge is -2.11. The van der Waals surface area contributed by atoms with Gasteiger partial charge in [0.15, 0.2) is 0 Å². The smallest absolute Gasteiger partial charge is 0.124 e. The summed E-state index contributed by atoms with van der Waals surface area (Å²) in [4.78, 5) is 0. The minimum Gasteiger partial charge on any atom is -0.497 e. The molecule has 0 amide bonds. The lowest BCUT2D eigenvalue weighted by atomic mass is 10.2. The van der Waals surface area contributed by atoms with Crippen LogP contribution in [0, 0.1) is 0 Å². The standard InChI is InChI=1S/C12H19NO4/c1-15-11-2-3-12(10(8-11)9-13)17-7-6-16-5-4-14/h2-3,8,14H,4-7,9,13H2,1H3. The highest BCUT2D eigenvalue weighted by atomic mass is 16.5. The van der Waals surface area contributed by atoms with Crippen molar-refractivity contribution < 1.29 is 19.3 Å². The first-order valence-corrected chi connectivity index (χ1v) is 5.50. The quantitative estimate of drug-likeness (QED) is 0.650. The van der Waals surface area contributed by atoms with Crippen molar-refractivity contribution in [3.05, 3.63) is 23.8 Å². The Kier molecular flexibility index (Phi) is 6.39. The Balaban J connectivity index is 2.46. The predicted octanol–water partition coefficient (Wildman–Crippen LogP) is 0.542. The molecule has 0 fully saturated rings. The Morgan fingerprint density at radius 2 is 2.06 bits per heavy atom. The molecule has 5 heteroatoms. The highest BCUT2D eigenvalue weighted by Crippen LogP contribution is 2.23. The highest BCUT2D eigenvalue weighted by Gasteiger charge is 2.04. The molecular weight excluding hydrogens is 222 g/mol. The maximum atomic E-state index is 8.53. The molecule has 17 heavy (non-hydrogen) atoms. The third-order valence-electron chi connectivity index (χ3n) is 2.21. The molecular formula is C12H19NO4. The summed E-state index contributed by atoms with van der Waals surface area (Å²) in [5.41, 5.74) is 6.52. The summed E-state index contributed by atoms with van der Waals surface area (Å²) in [6, 6.07) is 5.50. The molecule has 0 aliphatic heterocycles. The highest BCUT2D eigenvalue weighted by molar-refractivity contribution is 5.40. The van der Waals surface area contributed by atoms with Gasteiger partial charge in [0.25, 0.3) is 0 Å². The van der Waals surface area contributed by atoms with Crippen LogP contribution in [-0.4, -0.2) is 38.6 Å². The van der Waals surface area contributed by atoms with Crippen LogP contribution in [0.3, 0.4) is 0 Å². The second-order valence-corrected chi connectivity index (χ2v) is 3.36. The summed E-state index contributed by atoms with van der Waals surface area (Å²) in [5.74, 6) is 1.50. The number of aliphatic hydroxyl groups excluding tert-OH is 1. The molecule has 0 spiro atoms. The van der Waals surface area contributed by atoms with Gasteiger partial charge in [0, 0.05) is 12.1 Å². The number of nitrogens with two attached hydrogens (primary N) is 1. The van der Waals surface area contributed by atoms with Crippen molar-refractivity contribution in [1.82, 2.24) is 0 Å². The van der Waals surface area contributed by atoms with Crippen LogP contribution >= 0.6 is 0 Å². The van der Waals surface area contributed by atoms with Gasteiger partial charge in [0.05, 0.1) is 26.9 Å². The third kappa shape index (κ3) is 4.60. The first-order valence-electron chi connectivity index (χ1n) is 5.50. The van der Waals surface area contributed by atoms with E-state index in [2.05, 4.69) is 0 Å². The Morgan fingerprint density at radius 1 is 1.24 bits per heavy atom. The SMILES string of the molecule is COc1ccc(OCCOCCO)c(CN)c1. The van der Waals surface area contributed by atoms with Crippen molar-refractivity contribution in [1.29, 1.82) is 0 Å². The predicted molar refractivity (Wildman–Crippen MR) is 64.3 cm³/mol. The second kappa shape index (κ2) is 7.89. The van der Waals surface area contributed by atoms with Crippen LogP contribution in [0.1, 0.15) is 5.56 Å². The topological polar surface area (TPSA) is 73.9 Å². The van der Waals surface area contributed by atoms with E-state index in [-0.39, 0.29) is 6.61 Å². The fraction of sp³-hybridized carbons (Fsp3) is 0.500. The van der Waals surface area contributed by atoms with E-state index < -0.39 is 0 Å². The molecule has 0 aliphatic rings. The van der Waals surface area contributed by atoms with E-state index in [1.807, 2.05) is 18.2 Å². The van der Waals surface area contributed by atoms with E-state index in [4.69, 9.17) is 25.1 Å². The maximum Gasteiger partial charge on any atom is 0.124 e. The molecule has 1 aromatic carbocycles. The van der Waals surface area contributed by atoms with Gasteiger partial charge in [-0.2, -0.15) is 0 Å². The Morgan fingerprint density at radius 3 is 2.71 bits per heavy atom. The second-order valence-electron chi connectivity index (χ2n) is 3.36. The van der Waals surface area contributed by atoms with Crippen molar-refractivity contribution in [2.24, 2.45) is 5.73 Å². The van der Waals surface area contributed by atoms with E-state index in [0.29, 0.717) is 26.4 Å². The number of aliphatic hydroxyl groups is 1. The third-order valence-corrected chi connectivity index (χ3v) is 2.21. The molecule has 0 heterocycles. The minimum atomic E-state index is 0.0244. The van der Waals surface area contributed by atoms with Crippen LogP contribution in [0.2, 0.25) is 0 Å². The van der Waals surface area contributed by atoms with Crippen molar-refractivity contribution in [3.8, 4) is 11.5 Å². The fourth-order valence-electron chi connectivity index (χ4n) is 1.36. The molecule has 0 saturated heterocycles. The number of hydrogen-bond donors (Lipinski definition) is 2. The summed E-state index contributed by atoms with van der Waals surface area (Å²) < 4.78 is 15.7. The van der Waals surface area contributed by atoms with Crippen LogP contribution in [-0.2, 0) is 11.3 Å². The molecule has 96 valence electrons. The summed E-state index contributed by atoms with van der Waals surface area (Å²) in [5, 5.41) is 8.53. The van der Waals surface area contributed by atoms with Gasteiger partial charge < -0.3 is 25.1 Å². The first-order chi connectivity index (χ1) is 8.31. The van der Waals surface area contributed by atoms with Crippen LogP contribution in [0.4, 0.5) is 0 Å². The summed E-state index contributed by atoms with van der Waals surface area (Å²) >= 11 is 0. The van der Waals surface area contributed by atoms with Gasteiger partial charge in [-0.1, -0.05) is 0 Å². The zero-order chi connectivity index (χ0) is 12.5. The van der Waals surface area contributed by atoms with Crippen LogP contribution in [0.15, 0.2) is 18.2 Å². The average molecular weight is 241 g/mol. The van der Waals surface area contributed by atoms with Gasteiger partial charge in [-0.25, -0.2) is 0 Å². The van der Waals surface area contributed by atoms with E-state index in [1.54, 1.807) is 7.11 Å². The normalized spacial score (nSPS) is 10.3. The minimum absolute atomic E-state index is 0.0244. The molecule has 1 aromatic rings. The molecule has 0 radical (unpaired) electrons. The lowest BCUT2D eigenvalue weighted by Crippen LogP contribution is -2.10. The molecule has 0 atom stereocenters. The maximum absolute atomic E-state index is 8.53. The number of benzene rings is 1. The largest absolute Gasteiger partial charge is 0.497 e. The number of methoxy groups -OCH3 is 1. The molecule has 0 bridgehead atoms. The molecule has 0 aliphatic carbocycles. The monoisotopic (exact) mass is 241 g/mol. The Bertz CT molecular complexity index is 330. The molecule has 5 nitrogen and oxygen atoms in total. The summed E-state index contributed by atoms with van der Waals surface area (Å²) in [7, 11) is 1.61. The molecule has 1 rings (SSSR count). The van der Waals surface area contributed by atoms with Gasteiger partial charge in [-0.3, -0.25) is 0 Å².